The Kier molecular flexibility index (Phi) is 6.19. The second-order valence-electron chi connectivity index (χ2n) is 4.90. The van der Waals surface area contributed by atoms with E-state index in [2.05, 4.69) is 10.1 Å². The normalized spacial score (nSPS) is 9.92. The van der Waals surface area contributed by atoms with E-state index in [0.29, 0.717) is 23.6 Å². The molecule has 1 amide bonds. The largest absolute Gasteiger partial charge is 0.493 e. The molecule has 24 heavy (non-hydrogen) atoms. The van der Waals surface area contributed by atoms with E-state index in [1.54, 1.807) is 49.6 Å². The lowest BCUT2D eigenvalue weighted by Crippen LogP contribution is -2.28. The minimum Gasteiger partial charge on any atom is -0.493 e. The van der Waals surface area contributed by atoms with E-state index in [4.69, 9.17) is 9.47 Å². The number of hydrogen-bond donors (Lipinski definition) is 1. The molecule has 0 saturated heterocycles. The van der Waals surface area contributed by atoms with Crippen molar-refractivity contribution in [3.63, 3.8) is 0 Å². The summed E-state index contributed by atoms with van der Waals surface area (Å²) in [5, 5.41) is 2.75. The van der Waals surface area contributed by atoms with Crippen LogP contribution in [0.2, 0.25) is 0 Å². The Morgan fingerprint density at radius 3 is 2.25 bits per heavy atom. The van der Waals surface area contributed by atoms with Crippen molar-refractivity contribution in [3.8, 4) is 11.5 Å². The van der Waals surface area contributed by atoms with Crippen LogP contribution in [-0.2, 0) is 16.1 Å². The van der Waals surface area contributed by atoms with Crippen molar-refractivity contribution in [1.29, 1.82) is 0 Å². The first-order valence-electron chi connectivity index (χ1n) is 7.34. The Morgan fingerprint density at radius 1 is 0.958 bits per heavy atom. The second kappa shape index (κ2) is 8.57. The first kappa shape index (κ1) is 17.3. The van der Waals surface area contributed by atoms with Crippen LogP contribution >= 0.6 is 0 Å². The molecule has 0 aliphatic rings. The smallest absolute Gasteiger partial charge is 0.337 e. The highest BCUT2D eigenvalue weighted by Crippen LogP contribution is 2.25. The van der Waals surface area contributed by atoms with Crippen molar-refractivity contribution in [2.45, 2.75) is 6.54 Å². The Morgan fingerprint density at radius 2 is 1.62 bits per heavy atom. The lowest BCUT2D eigenvalue weighted by molar-refractivity contribution is -0.123. The summed E-state index contributed by atoms with van der Waals surface area (Å²) in [4.78, 5) is 23.2. The van der Waals surface area contributed by atoms with Crippen molar-refractivity contribution in [2.75, 3.05) is 20.8 Å². The van der Waals surface area contributed by atoms with Gasteiger partial charge < -0.3 is 19.5 Å². The number of methoxy groups -OCH3 is 2. The predicted octanol–water partition coefficient (Wildman–Crippen LogP) is 2.18. The van der Waals surface area contributed by atoms with Crippen LogP contribution in [-0.4, -0.2) is 32.7 Å². The number of rotatable bonds is 7. The molecule has 0 unspecified atom stereocenters. The zero-order valence-electron chi connectivity index (χ0n) is 13.6. The number of carbonyl (C=O) groups excluding carboxylic acids is 2. The monoisotopic (exact) mass is 329 g/mol. The average Bonchev–Trinajstić information content (AvgIpc) is 2.64. The Balaban J connectivity index is 1.82. The summed E-state index contributed by atoms with van der Waals surface area (Å²) in [6.45, 7) is 0.232. The summed E-state index contributed by atoms with van der Waals surface area (Å²) in [7, 11) is 2.87. The third-order valence-electron chi connectivity index (χ3n) is 3.29. The predicted molar refractivity (Wildman–Crippen MR) is 88.1 cm³/mol. The summed E-state index contributed by atoms with van der Waals surface area (Å²) in [5.41, 5.74) is 1.33. The van der Waals surface area contributed by atoms with Crippen molar-refractivity contribution in [1.82, 2.24) is 5.32 Å². The molecule has 0 aromatic heterocycles. The molecule has 0 aliphatic carbocycles. The number of para-hydroxylation sites is 2. The van der Waals surface area contributed by atoms with Crippen molar-refractivity contribution >= 4 is 11.9 Å². The molecule has 0 radical (unpaired) electrons. The molecule has 6 heteroatoms. The molecule has 2 aromatic carbocycles. The van der Waals surface area contributed by atoms with Gasteiger partial charge in [0.25, 0.3) is 5.91 Å². The maximum Gasteiger partial charge on any atom is 0.337 e. The van der Waals surface area contributed by atoms with Gasteiger partial charge in [-0.25, -0.2) is 4.79 Å². The number of hydrogen-bond acceptors (Lipinski definition) is 5. The SMILES string of the molecule is COC(=O)c1ccc(CNC(=O)COc2ccccc2OC)cc1. The maximum absolute atomic E-state index is 11.9. The second-order valence-corrected chi connectivity index (χ2v) is 4.90. The van der Waals surface area contributed by atoms with E-state index in [0.717, 1.165) is 5.56 Å². The molecule has 6 nitrogen and oxygen atoms in total. The van der Waals surface area contributed by atoms with Gasteiger partial charge in [-0.2, -0.15) is 0 Å². The fourth-order valence-electron chi connectivity index (χ4n) is 2.01. The van der Waals surface area contributed by atoms with Gasteiger partial charge in [0.05, 0.1) is 19.8 Å². The van der Waals surface area contributed by atoms with Crippen LogP contribution in [0.4, 0.5) is 0 Å². The number of carbonyl (C=O) groups is 2. The standard InChI is InChI=1S/C18H19NO5/c1-22-15-5-3-4-6-16(15)24-12-17(20)19-11-13-7-9-14(10-8-13)18(21)23-2/h3-10H,11-12H2,1-2H3,(H,19,20). The van der Waals surface area contributed by atoms with E-state index >= 15 is 0 Å². The summed E-state index contributed by atoms with van der Waals surface area (Å²) in [6.07, 6.45) is 0. The zero-order valence-corrected chi connectivity index (χ0v) is 13.6. The van der Waals surface area contributed by atoms with Gasteiger partial charge in [-0.3, -0.25) is 4.79 Å². The summed E-state index contributed by atoms with van der Waals surface area (Å²) in [5.74, 6) is 0.440. The number of benzene rings is 2. The molecule has 0 heterocycles. The summed E-state index contributed by atoms with van der Waals surface area (Å²) < 4.78 is 15.2. The van der Waals surface area contributed by atoms with Gasteiger partial charge in [0.1, 0.15) is 0 Å². The molecule has 1 N–H and O–H groups in total. The van der Waals surface area contributed by atoms with E-state index in [1.165, 1.54) is 7.11 Å². The van der Waals surface area contributed by atoms with Gasteiger partial charge in [-0.1, -0.05) is 24.3 Å². The Hall–Kier alpha value is -3.02. The van der Waals surface area contributed by atoms with Gasteiger partial charge in [-0.15, -0.1) is 0 Å². The molecule has 2 aromatic rings. The van der Waals surface area contributed by atoms with Crippen LogP contribution in [0.1, 0.15) is 15.9 Å². The van der Waals surface area contributed by atoms with Crippen LogP contribution in [0.3, 0.4) is 0 Å². The fourth-order valence-corrected chi connectivity index (χ4v) is 2.01. The molecular formula is C18H19NO5. The lowest BCUT2D eigenvalue weighted by Gasteiger charge is -2.10. The van der Waals surface area contributed by atoms with Crippen LogP contribution < -0.4 is 14.8 Å². The van der Waals surface area contributed by atoms with Crippen LogP contribution in [0.5, 0.6) is 11.5 Å². The fraction of sp³-hybridized carbons (Fsp3) is 0.222. The highest BCUT2D eigenvalue weighted by molar-refractivity contribution is 5.89. The molecule has 0 spiro atoms. The van der Waals surface area contributed by atoms with Crippen LogP contribution in [0, 0.1) is 0 Å². The Bertz CT molecular complexity index is 697. The molecular weight excluding hydrogens is 310 g/mol. The molecule has 2 rings (SSSR count). The van der Waals surface area contributed by atoms with Crippen molar-refractivity contribution in [3.05, 3.63) is 59.7 Å². The van der Waals surface area contributed by atoms with E-state index in [9.17, 15) is 9.59 Å². The Labute approximate surface area is 140 Å². The number of nitrogens with one attached hydrogen (secondary N) is 1. The maximum atomic E-state index is 11.9. The minimum atomic E-state index is -0.393. The van der Waals surface area contributed by atoms with E-state index in [1.807, 2.05) is 6.07 Å². The molecule has 0 aliphatic heterocycles. The molecule has 0 bridgehead atoms. The first-order chi connectivity index (χ1) is 11.6. The van der Waals surface area contributed by atoms with Gasteiger partial charge >= 0.3 is 5.97 Å². The van der Waals surface area contributed by atoms with Gasteiger partial charge in [0.2, 0.25) is 0 Å². The molecule has 126 valence electrons. The van der Waals surface area contributed by atoms with E-state index in [-0.39, 0.29) is 12.5 Å². The minimum absolute atomic E-state index is 0.110. The number of amides is 1. The average molecular weight is 329 g/mol. The number of ether oxygens (including phenoxy) is 3. The summed E-state index contributed by atoms with van der Waals surface area (Å²) in [6, 6.07) is 13.9. The third kappa shape index (κ3) is 4.74. The third-order valence-corrected chi connectivity index (χ3v) is 3.29. The van der Waals surface area contributed by atoms with Gasteiger partial charge in [-0.05, 0) is 29.8 Å². The molecule has 0 atom stereocenters. The zero-order chi connectivity index (χ0) is 17.4. The topological polar surface area (TPSA) is 73.9 Å². The number of esters is 1. The lowest BCUT2D eigenvalue weighted by atomic mass is 10.1. The quantitative estimate of drug-likeness (QED) is 0.788. The van der Waals surface area contributed by atoms with Crippen molar-refractivity contribution < 1.29 is 23.8 Å². The van der Waals surface area contributed by atoms with Gasteiger partial charge in [0.15, 0.2) is 18.1 Å². The first-order valence-corrected chi connectivity index (χ1v) is 7.34. The molecule has 0 saturated carbocycles. The highest BCUT2D eigenvalue weighted by atomic mass is 16.5. The van der Waals surface area contributed by atoms with Crippen molar-refractivity contribution in [2.24, 2.45) is 0 Å². The highest BCUT2D eigenvalue weighted by Gasteiger charge is 2.08. The van der Waals surface area contributed by atoms with Crippen LogP contribution in [0.25, 0.3) is 0 Å². The van der Waals surface area contributed by atoms with Crippen LogP contribution in [0.15, 0.2) is 48.5 Å². The van der Waals surface area contributed by atoms with E-state index < -0.39 is 5.97 Å². The van der Waals surface area contributed by atoms with Gasteiger partial charge in [0, 0.05) is 6.54 Å². The molecule has 0 fully saturated rings. The summed E-state index contributed by atoms with van der Waals surface area (Å²) >= 11 is 0.